The predicted molar refractivity (Wildman–Crippen MR) is 97.0 cm³/mol. The maximum atomic E-state index is 14.2. The fourth-order valence-corrected chi connectivity index (χ4v) is 3.07. The van der Waals surface area contributed by atoms with Gasteiger partial charge in [-0.1, -0.05) is 0 Å². The zero-order valence-electron chi connectivity index (χ0n) is 13.8. The van der Waals surface area contributed by atoms with Crippen molar-refractivity contribution < 1.29 is 9.13 Å². The summed E-state index contributed by atoms with van der Waals surface area (Å²) in [5.74, 6) is 0.349. The van der Waals surface area contributed by atoms with Gasteiger partial charge in [0.25, 0.3) is 0 Å². The molecule has 10 heteroatoms. The first-order chi connectivity index (χ1) is 12.5. The van der Waals surface area contributed by atoms with Crippen molar-refractivity contribution in [1.82, 2.24) is 29.7 Å². The Bertz CT molecular complexity index is 1150. The molecule has 8 nitrogen and oxygen atoms in total. The van der Waals surface area contributed by atoms with E-state index in [1.807, 2.05) is 7.05 Å². The van der Waals surface area contributed by atoms with Crippen molar-refractivity contribution in [3.05, 3.63) is 40.9 Å². The number of ether oxygens (including phenoxy) is 1. The van der Waals surface area contributed by atoms with E-state index in [1.165, 1.54) is 12.4 Å². The van der Waals surface area contributed by atoms with Gasteiger partial charge in [0.15, 0.2) is 11.9 Å². The Kier molecular flexibility index (Phi) is 3.91. The van der Waals surface area contributed by atoms with Crippen LogP contribution in [0.15, 0.2) is 29.3 Å². The number of aromatic nitrogens is 6. The fraction of sp³-hybridized carbons (Fsp3) is 0.188. The molecule has 0 saturated carbocycles. The summed E-state index contributed by atoms with van der Waals surface area (Å²) in [7, 11) is 1.81. The summed E-state index contributed by atoms with van der Waals surface area (Å²) in [4.78, 5) is 16.8. The molecular formula is C16H13BrFN7O. The number of nitrogens with zero attached hydrogens (tertiary/aromatic N) is 6. The first-order valence-electron chi connectivity index (χ1n) is 7.65. The number of aryl methyl sites for hydroxylation is 1. The lowest BCUT2D eigenvalue weighted by atomic mass is 10.2. The van der Waals surface area contributed by atoms with Crippen LogP contribution in [0.3, 0.4) is 0 Å². The van der Waals surface area contributed by atoms with E-state index in [-0.39, 0.29) is 16.0 Å². The zero-order valence-corrected chi connectivity index (χ0v) is 15.4. The Balaban J connectivity index is 1.77. The second kappa shape index (κ2) is 6.13. The number of fused-ring (bicyclic) bond motifs is 2. The number of anilines is 1. The van der Waals surface area contributed by atoms with Crippen LogP contribution in [0.2, 0.25) is 0 Å². The lowest BCUT2D eigenvalue weighted by Gasteiger charge is -2.16. The molecule has 3 heterocycles. The van der Waals surface area contributed by atoms with E-state index < -0.39 is 11.9 Å². The van der Waals surface area contributed by atoms with Gasteiger partial charge in [-0.15, -0.1) is 0 Å². The van der Waals surface area contributed by atoms with Crippen LogP contribution in [0, 0.1) is 5.82 Å². The van der Waals surface area contributed by atoms with Gasteiger partial charge in [-0.05, 0) is 22.9 Å². The molecule has 0 aliphatic rings. The third-order valence-corrected chi connectivity index (χ3v) is 4.74. The fourth-order valence-electron chi connectivity index (χ4n) is 2.66. The van der Waals surface area contributed by atoms with E-state index >= 15 is 0 Å². The third-order valence-electron chi connectivity index (χ3n) is 3.98. The normalized spacial score (nSPS) is 12.6. The second-order valence-electron chi connectivity index (χ2n) is 5.68. The Morgan fingerprint density at radius 1 is 1.27 bits per heavy atom. The van der Waals surface area contributed by atoms with E-state index in [0.717, 1.165) is 5.52 Å². The standard InChI is InChI=1S/C16H13BrFN7O/c1-7(16-20-5-10-9(24-16)4-23-25(10)2)26-11-3-8(18)13(17)14-12(11)15(19)22-6-21-14/h3-7H,1-2H3,(H2,19,21,22). The van der Waals surface area contributed by atoms with E-state index in [9.17, 15) is 4.39 Å². The lowest BCUT2D eigenvalue weighted by Crippen LogP contribution is -2.09. The SMILES string of the molecule is CC(Oc1cc(F)c(Br)c2ncnc(N)c12)c1ncc2c(cnn2C)n1. The Labute approximate surface area is 155 Å². The number of nitrogen functional groups attached to an aromatic ring is 1. The Morgan fingerprint density at radius 3 is 2.88 bits per heavy atom. The van der Waals surface area contributed by atoms with E-state index in [4.69, 9.17) is 10.5 Å². The molecule has 0 fully saturated rings. The Morgan fingerprint density at radius 2 is 2.08 bits per heavy atom. The molecule has 4 aromatic rings. The highest BCUT2D eigenvalue weighted by molar-refractivity contribution is 9.10. The number of rotatable bonds is 3. The van der Waals surface area contributed by atoms with Gasteiger partial charge in [0.1, 0.15) is 34.7 Å². The minimum atomic E-state index is -0.553. The van der Waals surface area contributed by atoms with Gasteiger partial charge in [0, 0.05) is 13.1 Å². The molecule has 132 valence electrons. The summed E-state index contributed by atoms with van der Waals surface area (Å²) in [5, 5.41) is 4.57. The van der Waals surface area contributed by atoms with Crippen molar-refractivity contribution in [3.63, 3.8) is 0 Å². The molecule has 1 unspecified atom stereocenters. The van der Waals surface area contributed by atoms with E-state index in [1.54, 1.807) is 24.0 Å². The molecule has 0 bridgehead atoms. The van der Waals surface area contributed by atoms with Gasteiger partial charge in [-0.25, -0.2) is 24.3 Å². The number of hydrogen-bond acceptors (Lipinski definition) is 7. The third kappa shape index (κ3) is 2.62. The highest BCUT2D eigenvalue weighted by Crippen LogP contribution is 2.37. The summed E-state index contributed by atoms with van der Waals surface area (Å²) in [6, 6.07) is 1.24. The molecule has 0 radical (unpaired) electrons. The number of nitrogens with two attached hydrogens (primary N) is 1. The van der Waals surface area contributed by atoms with Crippen LogP contribution in [0.1, 0.15) is 18.9 Å². The summed E-state index contributed by atoms with van der Waals surface area (Å²) in [6.45, 7) is 1.77. The van der Waals surface area contributed by atoms with Crippen molar-refractivity contribution >= 4 is 43.7 Å². The van der Waals surface area contributed by atoms with Crippen LogP contribution in [0.4, 0.5) is 10.2 Å². The van der Waals surface area contributed by atoms with Gasteiger partial charge in [0.05, 0.1) is 27.8 Å². The highest BCUT2D eigenvalue weighted by Gasteiger charge is 2.19. The number of halogens is 2. The molecule has 3 aromatic heterocycles. The minimum absolute atomic E-state index is 0.196. The van der Waals surface area contributed by atoms with Crippen LogP contribution in [-0.4, -0.2) is 29.7 Å². The first kappa shape index (κ1) is 16.6. The van der Waals surface area contributed by atoms with Crippen molar-refractivity contribution in [1.29, 1.82) is 0 Å². The molecule has 1 aromatic carbocycles. The van der Waals surface area contributed by atoms with E-state index in [0.29, 0.717) is 22.2 Å². The average molecular weight is 418 g/mol. The summed E-state index contributed by atoms with van der Waals surface area (Å²) in [5.41, 5.74) is 7.79. The number of benzene rings is 1. The van der Waals surface area contributed by atoms with Gasteiger partial charge >= 0.3 is 0 Å². The number of hydrogen-bond donors (Lipinski definition) is 1. The maximum Gasteiger partial charge on any atom is 0.169 e. The molecule has 0 amide bonds. The van der Waals surface area contributed by atoms with E-state index in [2.05, 4.69) is 41.0 Å². The molecular weight excluding hydrogens is 405 g/mol. The van der Waals surface area contributed by atoms with Gasteiger partial charge < -0.3 is 10.5 Å². The van der Waals surface area contributed by atoms with Crippen LogP contribution in [-0.2, 0) is 7.05 Å². The summed E-state index contributed by atoms with van der Waals surface area (Å²) in [6.07, 6.45) is 4.04. The maximum absolute atomic E-state index is 14.2. The molecule has 0 saturated heterocycles. The predicted octanol–water partition coefficient (Wildman–Crippen LogP) is 2.93. The van der Waals surface area contributed by atoms with Gasteiger partial charge in [-0.2, -0.15) is 5.10 Å². The highest BCUT2D eigenvalue weighted by atomic mass is 79.9. The summed E-state index contributed by atoms with van der Waals surface area (Å²) >= 11 is 3.18. The van der Waals surface area contributed by atoms with Crippen LogP contribution in [0.25, 0.3) is 21.9 Å². The quantitative estimate of drug-likeness (QED) is 0.546. The van der Waals surface area contributed by atoms with Crippen molar-refractivity contribution in [2.45, 2.75) is 13.0 Å². The van der Waals surface area contributed by atoms with Crippen LogP contribution >= 0.6 is 15.9 Å². The van der Waals surface area contributed by atoms with Crippen molar-refractivity contribution in [2.24, 2.45) is 7.05 Å². The lowest BCUT2D eigenvalue weighted by molar-refractivity contribution is 0.219. The van der Waals surface area contributed by atoms with Crippen molar-refractivity contribution in [3.8, 4) is 5.75 Å². The molecule has 0 aliphatic heterocycles. The summed E-state index contributed by atoms with van der Waals surface area (Å²) < 4.78 is 22.0. The average Bonchev–Trinajstić information content (AvgIpc) is 2.99. The smallest absolute Gasteiger partial charge is 0.169 e. The Hall–Kier alpha value is -2.88. The molecule has 2 N–H and O–H groups in total. The second-order valence-corrected chi connectivity index (χ2v) is 6.47. The van der Waals surface area contributed by atoms with Crippen LogP contribution < -0.4 is 10.5 Å². The zero-order chi connectivity index (χ0) is 18.4. The van der Waals surface area contributed by atoms with Gasteiger partial charge in [0.2, 0.25) is 0 Å². The van der Waals surface area contributed by atoms with Crippen LogP contribution in [0.5, 0.6) is 5.75 Å². The topological polar surface area (TPSA) is 105 Å². The minimum Gasteiger partial charge on any atom is -0.482 e. The molecule has 0 aliphatic carbocycles. The molecule has 1 atom stereocenters. The first-order valence-corrected chi connectivity index (χ1v) is 8.44. The monoisotopic (exact) mass is 417 g/mol. The van der Waals surface area contributed by atoms with Crippen molar-refractivity contribution in [2.75, 3.05) is 5.73 Å². The van der Waals surface area contributed by atoms with Gasteiger partial charge in [-0.3, -0.25) is 4.68 Å². The molecule has 26 heavy (non-hydrogen) atoms. The largest absolute Gasteiger partial charge is 0.482 e. The molecule has 4 rings (SSSR count). The molecule has 0 spiro atoms.